The first kappa shape index (κ1) is 20.7. The van der Waals surface area contributed by atoms with Gasteiger partial charge in [-0.1, -0.05) is 12.1 Å². The summed E-state index contributed by atoms with van der Waals surface area (Å²) in [6.45, 7) is 3.79. The molecule has 0 bridgehead atoms. The Morgan fingerprint density at radius 2 is 1.97 bits per heavy atom. The fourth-order valence-corrected chi connectivity index (χ4v) is 3.34. The Balaban J connectivity index is 1.66. The summed E-state index contributed by atoms with van der Waals surface area (Å²) in [5.41, 5.74) is 3.26. The number of anilines is 1. The summed E-state index contributed by atoms with van der Waals surface area (Å²) >= 11 is 0. The van der Waals surface area contributed by atoms with Gasteiger partial charge in [0.2, 0.25) is 0 Å². The largest absolute Gasteiger partial charge is 0.496 e. The summed E-state index contributed by atoms with van der Waals surface area (Å²) in [7, 11) is 3.56. The normalized spacial score (nSPS) is 11.6. The molecule has 0 unspecified atom stereocenters. The number of aryl methyl sites for hydroxylation is 1. The van der Waals surface area contributed by atoms with Crippen LogP contribution in [0.4, 0.5) is 5.82 Å². The van der Waals surface area contributed by atoms with Crippen LogP contribution in [0.1, 0.15) is 25.2 Å². The van der Waals surface area contributed by atoms with Crippen molar-refractivity contribution >= 4 is 16.7 Å². The Labute approximate surface area is 181 Å². The van der Waals surface area contributed by atoms with Crippen molar-refractivity contribution in [3.63, 3.8) is 0 Å². The first-order chi connectivity index (χ1) is 14.9. The zero-order chi connectivity index (χ0) is 22.0. The lowest BCUT2D eigenvalue weighted by Gasteiger charge is -2.24. The summed E-state index contributed by atoms with van der Waals surface area (Å²) in [6.07, 6.45) is 7.82. The molecule has 0 atom stereocenters. The molecule has 0 saturated heterocycles. The highest BCUT2D eigenvalue weighted by molar-refractivity contribution is 5.87. The Morgan fingerprint density at radius 3 is 2.68 bits per heavy atom. The molecule has 0 spiro atoms. The molecule has 0 saturated carbocycles. The SMILES string of the molecule is COc1cc(-c2cnn(C)c2)ccc1Cc1ncc2ccnc(NC(C)(C)CO)c2n1. The van der Waals surface area contributed by atoms with Crippen molar-refractivity contribution in [2.75, 3.05) is 19.0 Å². The quantitative estimate of drug-likeness (QED) is 0.475. The maximum Gasteiger partial charge on any atom is 0.153 e. The van der Waals surface area contributed by atoms with Gasteiger partial charge in [0.25, 0.3) is 0 Å². The lowest BCUT2D eigenvalue weighted by molar-refractivity contribution is 0.234. The second kappa shape index (κ2) is 8.31. The average Bonchev–Trinajstić information content (AvgIpc) is 3.20. The number of hydrogen-bond acceptors (Lipinski definition) is 7. The molecule has 0 aliphatic carbocycles. The molecule has 1 aromatic carbocycles. The zero-order valence-corrected chi connectivity index (χ0v) is 18.1. The number of methoxy groups -OCH3 is 1. The van der Waals surface area contributed by atoms with Gasteiger partial charge in [-0.3, -0.25) is 4.68 Å². The Morgan fingerprint density at radius 1 is 1.13 bits per heavy atom. The summed E-state index contributed by atoms with van der Waals surface area (Å²) in [4.78, 5) is 13.7. The first-order valence-electron chi connectivity index (χ1n) is 10.0. The first-order valence-corrected chi connectivity index (χ1v) is 10.0. The highest BCUT2D eigenvalue weighted by Gasteiger charge is 2.19. The molecule has 8 nitrogen and oxygen atoms in total. The number of nitrogens with zero attached hydrogens (tertiary/aromatic N) is 5. The van der Waals surface area contributed by atoms with Gasteiger partial charge in [-0.15, -0.1) is 0 Å². The number of fused-ring (bicyclic) bond motifs is 1. The number of aliphatic hydroxyl groups is 1. The van der Waals surface area contributed by atoms with Gasteiger partial charge in [0.15, 0.2) is 5.82 Å². The van der Waals surface area contributed by atoms with E-state index in [1.807, 2.05) is 57.6 Å². The maximum atomic E-state index is 9.60. The molecule has 0 amide bonds. The topological polar surface area (TPSA) is 98.0 Å². The Bertz CT molecular complexity index is 1220. The summed E-state index contributed by atoms with van der Waals surface area (Å²) < 4.78 is 7.42. The standard InChI is InChI=1S/C23H26N6O2/c1-23(2,14-30)28-22-21-17(7-8-24-22)11-25-20(27-21)10-16-6-5-15(9-19(16)31-4)18-12-26-29(3)13-18/h5-9,11-13,30H,10,14H2,1-4H3,(H,24,28). The minimum atomic E-state index is -0.516. The molecule has 0 fully saturated rings. The number of hydrogen-bond donors (Lipinski definition) is 2. The molecule has 8 heteroatoms. The molecule has 4 aromatic rings. The molecule has 4 rings (SSSR count). The molecular weight excluding hydrogens is 392 g/mol. The van der Waals surface area contributed by atoms with Crippen LogP contribution in [0.2, 0.25) is 0 Å². The number of rotatable bonds is 7. The fourth-order valence-electron chi connectivity index (χ4n) is 3.34. The third kappa shape index (κ3) is 4.49. The van der Waals surface area contributed by atoms with Gasteiger partial charge >= 0.3 is 0 Å². The van der Waals surface area contributed by atoms with Gasteiger partial charge in [-0.25, -0.2) is 15.0 Å². The van der Waals surface area contributed by atoms with Crippen molar-refractivity contribution in [1.29, 1.82) is 0 Å². The smallest absolute Gasteiger partial charge is 0.153 e. The van der Waals surface area contributed by atoms with Gasteiger partial charge in [0, 0.05) is 48.6 Å². The zero-order valence-electron chi connectivity index (χ0n) is 18.1. The monoisotopic (exact) mass is 418 g/mol. The molecule has 3 heterocycles. The van der Waals surface area contributed by atoms with E-state index in [0.29, 0.717) is 18.1 Å². The predicted molar refractivity (Wildman–Crippen MR) is 120 cm³/mol. The molecular formula is C23H26N6O2. The van der Waals surface area contributed by atoms with Gasteiger partial charge in [-0.05, 0) is 31.5 Å². The van der Waals surface area contributed by atoms with Crippen LogP contribution < -0.4 is 10.1 Å². The maximum absolute atomic E-state index is 9.60. The molecule has 0 radical (unpaired) electrons. The van der Waals surface area contributed by atoms with E-state index in [2.05, 4.69) is 20.4 Å². The second-order valence-electron chi connectivity index (χ2n) is 8.16. The minimum Gasteiger partial charge on any atom is -0.496 e. The van der Waals surface area contributed by atoms with Crippen LogP contribution >= 0.6 is 0 Å². The lowest BCUT2D eigenvalue weighted by atomic mass is 10.0. The van der Waals surface area contributed by atoms with Crippen LogP contribution in [0.3, 0.4) is 0 Å². The molecule has 31 heavy (non-hydrogen) atoms. The highest BCUT2D eigenvalue weighted by atomic mass is 16.5. The van der Waals surface area contributed by atoms with Gasteiger partial charge in [0.05, 0.1) is 25.5 Å². The van der Waals surface area contributed by atoms with E-state index in [1.54, 1.807) is 24.2 Å². The van der Waals surface area contributed by atoms with Crippen LogP contribution in [-0.4, -0.2) is 49.1 Å². The van der Waals surface area contributed by atoms with Crippen LogP contribution in [-0.2, 0) is 13.5 Å². The van der Waals surface area contributed by atoms with Gasteiger partial charge in [-0.2, -0.15) is 5.10 Å². The molecule has 0 aliphatic heterocycles. The molecule has 0 aliphatic rings. The van der Waals surface area contributed by atoms with E-state index in [4.69, 9.17) is 9.72 Å². The van der Waals surface area contributed by atoms with Crippen LogP contribution in [0.5, 0.6) is 5.75 Å². The van der Waals surface area contributed by atoms with E-state index in [-0.39, 0.29) is 6.61 Å². The average molecular weight is 419 g/mol. The molecule has 3 aromatic heterocycles. The number of benzene rings is 1. The minimum absolute atomic E-state index is 0.0243. The summed E-state index contributed by atoms with van der Waals surface area (Å²) in [5, 5.41) is 18.0. The van der Waals surface area contributed by atoms with Crippen LogP contribution in [0, 0.1) is 0 Å². The number of aromatic nitrogens is 5. The third-order valence-electron chi connectivity index (χ3n) is 5.07. The van der Waals surface area contributed by atoms with Crippen LogP contribution in [0.15, 0.2) is 49.1 Å². The van der Waals surface area contributed by atoms with Gasteiger partial charge in [0.1, 0.15) is 17.1 Å². The summed E-state index contributed by atoms with van der Waals surface area (Å²) in [6, 6.07) is 7.96. The van der Waals surface area contributed by atoms with Crippen molar-refractivity contribution in [3.8, 4) is 16.9 Å². The summed E-state index contributed by atoms with van der Waals surface area (Å²) in [5.74, 6) is 2.06. The van der Waals surface area contributed by atoms with Crippen LogP contribution in [0.25, 0.3) is 22.0 Å². The van der Waals surface area contributed by atoms with Gasteiger partial charge < -0.3 is 15.2 Å². The number of aliphatic hydroxyl groups excluding tert-OH is 1. The predicted octanol–water partition coefficient (Wildman–Crippen LogP) is 3.21. The van der Waals surface area contributed by atoms with Crippen molar-refractivity contribution in [1.82, 2.24) is 24.7 Å². The van der Waals surface area contributed by atoms with E-state index in [9.17, 15) is 5.11 Å². The molecule has 160 valence electrons. The number of ether oxygens (including phenoxy) is 1. The van der Waals surface area contributed by atoms with E-state index >= 15 is 0 Å². The lowest BCUT2D eigenvalue weighted by Crippen LogP contribution is -2.35. The number of nitrogens with one attached hydrogen (secondary N) is 1. The van der Waals surface area contributed by atoms with E-state index < -0.39 is 5.54 Å². The van der Waals surface area contributed by atoms with Crippen molar-refractivity contribution in [2.45, 2.75) is 25.8 Å². The number of pyridine rings is 1. The van der Waals surface area contributed by atoms with Crippen molar-refractivity contribution < 1.29 is 9.84 Å². The van der Waals surface area contributed by atoms with E-state index in [1.165, 1.54) is 0 Å². The van der Waals surface area contributed by atoms with E-state index in [0.717, 1.165) is 33.3 Å². The highest BCUT2D eigenvalue weighted by Crippen LogP contribution is 2.29. The third-order valence-corrected chi connectivity index (χ3v) is 5.07. The van der Waals surface area contributed by atoms with Crippen molar-refractivity contribution in [2.24, 2.45) is 7.05 Å². The van der Waals surface area contributed by atoms with Crippen molar-refractivity contribution in [3.05, 3.63) is 60.4 Å². The molecule has 2 N–H and O–H groups in total. The fraction of sp³-hybridized carbons (Fsp3) is 0.304. The Hall–Kier alpha value is -3.52. The second-order valence-corrected chi connectivity index (χ2v) is 8.16. The Kier molecular flexibility index (Phi) is 5.56.